The van der Waals surface area contributed by atoms with Gasteiger partial charge in [-0.25, -0.2) is 0 Å². The molecule has 2 aromatic rings. The number of aromatic nitrogens is 2. The second kappa shape index (κ2) is 5.69. The minimum atomic E-state index is 0.0231. The molecule has 96 valence electrons. The van der Waals surface area contributed by atoms with E-state index in [1.807, 2.05) is 38.1 Å². The predicted octanol–water partition coefficient (Wildman–Crippen LogP) is 2.78. The van der Waals surface area contributed by atoms with Crippen LogP contribution in [-0.2, 0) is 0 Å². The Bertz CT molecular complexity index is 522. The van der Waals surface area contributed by atoms with Gasteiger partial charge in [-0.1, -0.05) is 41.3 Å². The second-order valence-corrected chi connectivity index (χ2v) is 6.42. The van der Waals surface area contributed by atoms with Gasteiger partial charge in [-0.15, -0.1) is 10.2 Å². The van der Waals surface area contributed by atoms with Crippen LogP contribution in [0.4, 0.5) is 5.13 Å². The molecule has 6 heteroatoms. The normalized spacial score (nSPS) is 12.4. The van der Waals surface area contributed by atoms with Crippen molar-refractivity contribution in [2.45, 2.75) is 22.2 Å². The molecule has 1 unspecified atom stereocenters. The molecule has 0 bridgehead atoms. The van der Waals surface area contributed by atoms with Crippen molar-refractivity contribution < 1.29 is 0 Å². The van der Waals surface area contributed by atoms with E-state index in [2.05, 4.69) is 22.3 Å². The van der Waals surface area contributed by atoms with E-state index in [-0.39, 0.29) is 6.04 Å². The van der Waals surface area contributed by atoms with E-state index >= 15 is 0 Å². The minimum absolute atomic E-state index is 0.0231. The zero-order chi connectivity index (χ0) is 13.1. The van der Waals surface area contributed by atoms with Crippen LogP contribution >= 0.6 is 23.1 Å². The van der Waals surface area contributed by atoms with Crippen molar-refractivity contribution in [3.8, 4) is 0 Å². The van der Waals surface area contributed by atoms with Crippen molar-refractivity contribution in [3.05, 3.63) is 29.8 Å². The zero-order valence-corrected chi connectivity index (χ0v) is 12.3. The average Bonchev–Trinajstić information content (AvgIpc) is 2.78. The van der Waals surface area contributed by atoms with Gasteiger partial charge < -0.3 is 10.6 Å². The molecule has 1 atom stereocenters. The molecule has 4 nitrogen and oxygen atoms in total. The minimum Gasteiger partial charge on any atom is -0.353 e. The molecule has 1 heterocycles. The van der Waals surface area contributed by atoms with Crippen LogP contribution in [0.2, 0.25) is 0 Å². The number of nitrogens with zero attached hydrogens (tertiary/aromatic N) is 3. The lowest BCUT2D eigenvalue weighted by Crippen LogP contribution is -2.07. The first-order valence-electron chi connectivity index (χ1n) is 5.61. The fourth-order valence-corrected chi connectivity index (χ4v) is 3.42. The van der Waals surface area contributed by atoms with E-state index in [0.29, 0.717) is 0 Å². The van der Waals surface area contributed by atoms with Crippen molar-refractivity contribution >= 4 is 28.2 Å². The Kier molecular flexibility index (Phi) is 4.21. The summed E-state index contributed by atoms with van der Waals surface area (Å²) in [4.78, 5) is 3.10. The Labute approximate surface area is 115 Å². The van der Waals surface area contributed by atoms with E-state index in [4.69, 9.17) is 5.73 Å². The summed E-state index contributed by atoms with van der Waals surface area (Å²) in [5.41, 5.74) is 7.11. The molecule has 0 aliphatic heterocycles. The Morgan fingerprint density at radius 3 is 2.61 bits per heavy atom. The van der Waals surface area contributed by atoms with E-state index < -0.39 is 0 Å². The molecule has 18 heavy (non-hydrogen) atoms. The highest BCUT2D eigenvalue weighted by atomic mass is 32.2. The lowest BCUT2D eigenvalue weighted by Gasteiger charge is -2.10. The number of hydrogen-bond donors (Lipinski definition) is 1. The van der Waals surface area contributed by atoms with Gasteiger partial charge in [0.2, 0.25) is 5.13 Å². The lowest BCUT2D eigenvalue weighted by molar-refractivity contribution is 0.797. The third kappa shape index (κ3) is 3.01. The summed E-state index contributed by atoms with van der Waals surface area (Å²) in [6.45, 7) is 1.99. The molecule has 1 aromatic heterocycles. The molecular formula is C12H16N4S2. The maximum absolute atomic E-state index is 5.97. The average molecular weight is 280 g/mol. The Hall–Kier alpha value is -1.11. The molecule has 0 radical (unpaired) electrons. The van der Waals surface area contributed by atoms with Gasteiger partial charge in [0.15, 0.2) is 4.34 Å². The van der Waals surface area contributed by atoms with E-state index in [0.717, 1.165) is 19.9 Å². The summed E-state index contributed by atoms with van der Waals surface area (Å²) in [7, 11) is 3.93. The molecule has 1 aromatic carbocycles. The topological polar surface area (TPSA) is 55.0 Å². The fourth-order valence-electron chi connectivity index (χ4n) is 1.47. The second-order valence-electron chi connectivity index (χ2n) is 4.17. The fraction of sp³-hybridized carbons (Fsp3) is 0.333. The van der Waals surface area contributed by atoms with Crippen LogP contribution in [0.25, 0.3) is 0 Å². The van der Waals surface area contributed by atoms with Crippen LogP contribution in [0.3, 0.4) is 0 Å². The van der Waals surface area contributed by atoms with Crippen LogP contribution in [-0.4, -0.2) is 24.3 Å². The van der Waals surface area contributed by atoms with Gasteiger partial charge in [0.05, 0.1) is 0 Å². The molecule has 0 spiro atoms. The SMILES string of the molecule is CC(N)c1ccccc1Sc1nnc(N(C)C)s1. The number of benzene rings is 1. The first-order valence-corrected chi connectivity index (χ1v) is 7.24. The largest absolute Gasteiger partial charge is 0.353 e. The van der Waals surface area contributed by atoms with Crippen molar-refractivity contribution in [3.63, 3.8) is 0 Å². The summed E-state index contributed by atoms with van der Waals surface area (Å²) in [6, 6.07) is 8.17. The standard InChI is InChI=1S/C12H16N4S2/c1-8(13)9-6-4-5-7-10(9)17-12-15-14-11(18-12)16(2)3/h4-8H,13H2,1-3H3. The van der Waals surface area contributed by atoms with Gasteiger partial charge in [-0.3, -0.25) is 0 Å². The van der Waals surface area contributed by atoms with Crippen LogP contribution in [0.5, 0.6) is 0 Å². The molecule has 0 saturated heterocycles. The summed E-state index contributed by atoms with van der Waals surface area (Å²) < 4.78 is 0.937. The maximum Gasteiger partial charge on any atom is 0.208 e. The van der Waals surface area contributed by atoms with Crippen molar-refractivity contribution in [1.82, 2.24) is 10.2 Å². The lowest BCUT2D eigenvalue weighted by atomic mass is 10.1. The van der Waals surface area contributed by atoms with E-state index in [1.54, 1.807) is 23.1 Å². The molecule has 0 saturated carbocycles. The molecular weight excluding hydrogens is 264 g/mol. The zero-order valence-electron chi connectivity index (χ0n) is 10.6. The van der Waals surface area contributed by atoms with Gasteiger partial charge in [0, 0.05) is 25.0 Å². The van der Waals surface area contributed by atoms with Gasteiger partial charge in [-0.05, 0) is 18.6 Å². The smallest absolute Gasteiger partial charge is 0.208 e. The van der Waals surface area contributed by atoms with Gasteiger partial charge in [0.25, 0.3) is 0 Å². The van der Waals surface area contributed by atoms with Gasteiger partial charge in [0.1, 0.15) is 0 Å². The molecule has 0 fully saturated rings. The molecule has 2 rings (SSSR count). The quantitative estimate of drug-likeness (QED) is 0.933. The maximum atomic E-state index is 5.97. The number of anilines is 1. The highest BCUT2D eigenvalue weighted by Crippen LogP contribution is 2.35. The van der Waals surface area contributed by atoms with Crippen LogP contribution in [0, 0.1) is 0 Å². The van der Waals surface area contributed by atoms with E-state index in [1.165, 1.54) is 0 Å². The third-order valence-corrected chi connectivity index (χ3v) is 4.62. The monoisotopic (exact) mass is 280 g/mol. The Morgan fingerprint density at radius 1 is 1.28 bits per heavy atom. The van der Waals surface area contributed by atoms with Crippen LogP contribution < -0.4 is 10.6 Å². The molecule has 0 aliphatic rings. The summed E-state index contributed by atoms with van der Waals surface area (Å²) in [5.74, 6) is 0. The highest BCUT2D eigenvalue weighted by molar-refractivity contribution is 8.01. The first kappa shape index (κ1) is 13.3. The van der Waals surface area contributed by atoms with E-state index in [9.17, 15) is 0 Å². The van der Waals surface area contributed by atoms with Gasteiger partial charge in [-0.2, -0.15) is 0 Å². The molecule has 2 N–H and O–H groups in total. The number of rotatable bonds is 4. The summed E-state index contributed by atoms with van der Waals surface area (Å²) in [5, 5.41) is 9.22. The number of nitrogens with two attached hydrogens (primary N) is 1. The van der Waals surface area contributed by atoms with Crippen LogP contribution in [0.1, 0.15) is 18.5 Å². The van der Waals surface area contributed by atoms with Gasteiger partial charge >= 0.3 is 0 Å². The van der Waals surface area contributed by atoms with Crippen molar-refractivity contribution in [1.29, 1.82) is 0 Å². The third-order valence-electron chi connectivity index (χ3n) is 2.39. The van der Waals surface area contributed by atoms with Crippen LogP contribution in [0.15, 0.2) is 33.5 Å². The summed E-state index contributed by atoms with van der Waals surface area (Å²) >= 11 is 3.20. The summed E-state index contributed by atoms with van der Waals surface area (Å²) in [6.07, 6.45) is 0. The Balaban J connectivity index is 2.23. The Morgan fingerprint density at radius 2 is 2.00 bits per heavy atom. The predicted molar refractivity (Wildman–Crippen MR) is 77.4 cm³/mol. The molecule has 0 aliphatic carbocycles. The molecule has 0 amide bonds. The van der Waals surface area contributed by atoms with Crippen molar-refractivity contribution in [2.24, 2.45) is 5.73 Å². The van der Waals surface area contributed by atoms with Crippen molar-refractivity contribution in [2.75, 3.05) is 19.0 Å². The highest BCUT2D eigenvalue weighted by Gasteiger charge is 2.11. The number of hydrogen-bond acceptors (Lipinski definition) is 6. The first-order chi connectivity index (χ1) is 8.58.